The van der Waals surface area contributed by atoms with Gasteiger partial charge in [0.1, 0.15) is 0 Å². The van der Waals surface area contributed by atoms with E-state index in [1.807, 2.05) is 0 Å². The van der Waals surface area contributed by atoms with Gasteiger partial charge in [0.15, 0.2) is 5.52 Å². The molecule has 0 aliphatic carbocycles. The van der Waals surface area contributed by atoms with Gasteiger partial charge in [0.05, 0.1) is 6.54 Å². The minimum absolute atomic E-state index is 0.0171. The van der Waals surface area contributed by atoms with Crippen LogP contribution in [0.1, 0.15) is 12.8 Å². The van der Waals surface area contributed by atoms with Gasteiger partial charge in [-0.15, -0.1) is 0 Å². The van der Waals surface area contributed by atoms with Crippen molar-refractivity contribution in [2.75, 3.05) is 11.9 Å². The zero-order chi connectivity index (χ0) is 13.8. The second kappa shape index (κ2) is 5.34. The van der Waals surface area contributed by atoms with Crippen LogP contribution in [0.15, 0.2) is 24.3 Å². The number of para-hydroxylation sites is 2. The number of aliphatic carboxylic acids is 1. The number of hydrogen-bond acceptors (Lipinski definition) is 5. The summed E-state index contributed by atoms with van der Waals surface area (Å²) in [4.78, 5) is 10.7. The largest absolute Gasteiger partial charge is 0.739 e. The van der Waals surface area contributed by atoms with Crippen LogP contribution >= 0.6 is 0 Å². The molecule has 0 aliphatic heterocycles. The highest BCUT2D eigenvalue weighted by Crippen LogP contribution is 2.05. The first-order valence-corrected chi connectivity index (χ1v) is 5.67. The molecule has 0 radical (unpaired) electrons. The van der Waals surface area contributed by atoms with E-state index in [-0.39, 0.29) is 29.9 Å². The first kappa shape index (κ1) is 12.8. The van der Waals surface area contributed by atoms with Crippen molar-refractivity contribution in [1.29, 1.82) is 0 Å². The monoisotopic (exact) mass is 264 g/mol. The zero-order valence-corrected chi connectivity index (χ0v) is 9.94. The lowest BCUT2D eigenvalue weighted by Gasteiger charge is -2.09. The van der Waals surface area contributed by atoms with Crippen molar-refractivity contribution in [1.82, 2.24) is 5.10 Å². The number of fused-ring (bicyclic) bond motifs is 1. The van der Waals surface area contributed by atoms with Gasteiger partial charge in [-0.25, -0.2) is 4.73 Å². The molecule has 0 unspecified atom stereocenters. The number of rotatable bonds is 5. The fraction of sp³-hybridized carbons (Fsp3) is 0.273. The molecule has 2 N–H and O–H groups in total. The maximum absolute atomic E-state index is 11.9. The van der Waals surface area contributed by atoms with Crippen LogP contribution in [-0.2, 0) is 4.79 Å². The summed E-state index contributed by atoms with van der Waals surface area (Å²) in [5.41, 5.74) is 0.377. The van der Waals surface area contributed by atoms with Crippen molar-refractivity contribution in [3.63, 3.8) is 0 Å². The summed E-state index contributed by atoms with van der Waals surface area (Å²) < 4.78 is 0.518. The number of nitrogens with one attached hydrogen (secondary N) is 1. The smallest absolute Gasteiger partial charge is 0.460 e. The Kier molecular flexibility index (Phi) is 3.60. The summed E-state index contributed by atoms with van der Waals surface area (Å²) in [6, 6.07) is 6.29. The van der Waals surface area contributed by atoms with Crippen LogP contribution < -0.4 is 14.9 Å². The van der Waals surface area contributed by atoms with Crippen molar-refractivity contribution < 1.29 is 19.5 Å². The first-order chi connectivity index (χ1) is 9.09. The third-order valence-electron chi connectivity index (χ3n) is 2.54. The van der Waals surface area contributed by atoms with Gasteiger partial charge in [-0.3, -0.25) is 10.1 Å². The molecular formula is C11H12N4O4. The number of carboxylic acids is 1. The molecule has 2 aromatic rings. The summed E-state index contributed by atoms with van der Waals surface area (Å²) >= 11 is 0. The van der Waals surface area contributed by atoms with E-state index >= 15 is 0 Å². The van der Waals surface area contributed by atoms with E-state index < -0.39 is 5.97 Å². The average molecular weight is 264 g/mol. The molecule has 8 heteroatoms. The average Bonchev–Trinajstić information content (AvgIpc) is 2.40. The Balaban J connectivity index is 2.19. The molecule has 0 saturated carbocycles. The molecule has 100 valence electrons. The van der Waals surface area contributed by atoms with Crippen LogP contribution in [0.25, 0.3) is 11.0 Å². The van der Waals surface area contributed by atoms with Gasteiger partial charge in [0.2, 0.25) is 5.10 Å². The predicted octanol–water partition coefficient (Wildman–Crippen LogP) is -0.222. The molecular weight excluding hydrogens is 252 g/mol. The molecule has 0 fully saturated rings. The molecule has 1 aromatic heterocycles. The van der Waals surface area contributed by atoms with Crippen LogP contribution in [0.5, 0.6) is 0 Å². The topological polar surface area (TPSA) is 116 Å². The van der Waals surface area contributed by atoms with Gasteiger partial charge in [-0.2, -0.15) is 0 Å². The van der Waals surface area contributed by atoms with Crippen molar-refractivity contribution in [3.05, 3.63) is 34.7 Å². The van der Waals surface area contributed by atoms with Crippen LogP contribution in [-0.4, -0.2) is 22.7 Å². The van der Waals surface area contributed by atoms with Gasteiger partial charge >= 0.3 is 11.9 Å². The number of benzene rings is 1. The summed E-state index contributed by atoms with van der Waals surface area (Å²) in [6.45, 7) is 0.250. The molecule has 19 heavy (non-hydrogen) atoms. The van der Waals surface area contributed by atoms with E-state index in [2.05, 4.69) is 10.4 Å². The second-order valence-electron chi connectivity index (χ2n) is 3.90. The summed E-state index contributed by atoms with van der Waals surface area (Å²) in [7, 11) is 0. The van der Waals surface area contributed by atoms with E-state index in [0.29, 0.717) is 16.0 Å². The number of aromatic nitrogens is 3. The number of anilines is 1. The lowest BCUT2D eigenvalue weighted by molar-refractivity contribution is -0.672. The number of carbonyl (C=O) groups is 1. The number of nitrogens with zero attached hydrogens (tertiary/aromatic N) is 3. The SMILES string of the molecule is O=C(O)CCCNc1n[n+]([O-])c2ccccc2[n+]1[O-]. The van der Waals surface area contributed by atoms with E-state index in [1.165, 1.54) is 12.1 Å². The van der Waals surface area contributed by atoms with Gasteiger partial charge in [0.25, 0.3) is 5.52 Å². The standard InChI is InChI=1S/C11H12N4O4/c16-10(17)6-3-7-12-11-13-15(19)9-5-2-1-4-8(9)14(11)18/h1-2,4-5H,3,6-7H2,(H,12,13)(H,16,17). The quantitative estimate of drug-likeness (QED) is 0.438. The highest BCUT2D eigenvalue weighted by molar-refractivity contribution is 5.67. The molecule has 0 spiro atoms. The lowest BCUT2D eigenvalue weighted by atomic mass is 10.3. The summed E-state index contributed by atoms with van der Waals surface area (Å²) in [5.74, 6) is -1.05. The Morgan fingerprint density at radius 3 is 2.68 bits per heavy atom. The fourth-order valence-corrected chi connectivity index (χ4v) is 1.64. The van der Waals surface area contributed by atoms with Gasteiger partial charge in [-0.1, -0.05) is 12.1 Å². The van der Waals surface area contributed by atoms with Crippen LogP contribution in [0.2, 0.25) is 0 Å². The molecule has 0 atom stereocenters. The van der Waals surface area contributed by atoms with Gasteiger partial charge in [0, 0.05) is 17.3 Å². The lowest BCUT2D eigenvalue weighted by Crippen LogP contribution is -2.44. The Morgan fingerprint density at radius 2 is 2.00 bits per heavy atom. The molecule has 1 aromatic carbocycles. The van der Waals surface area contributed by atoms with E-state index in [1.54, 1.807) is 12.1 Å². The molecule has 1 heterocycles. The predicted molar refractivity (Wildman–Crippen MR) is 65.0 cm³/mol. The third kappa shape index (κ3) is 2.79. The molecule has 2 rings (SSSR count). The van der Waals surface area contributed by atoms with E-state index in [0.717, 1.165) is 0 Å². The number of hydrogen-bond donors (Lipinski definition) is 2. The van der Waals surface area contributed by atoms with Gasteiger partial charge < -0.3 is 15.5 Å². The molecule has 0 aliphatic rings. The first-order valence-electron chi connectivity index (χ1n) is 5.67. The normalized spacial score (nSPS) is 10.5. The Bertz CT molecular complexity index is 617. The van der Waals surface area contributed by atoms with Crippen molar-refractivity contribution in [2.24, 2.45) is 0 Å². The highest BCUT2D eigenvalue weighted by Gasteiger charge is 2.18. The van der Waals surface area contributed by atoms with Crippen molar-refractivity contribution in [2.45, 2.75) is 12.8 Å². The van der Waals surface area contributed by atoms with Crippen LogP contribution in [0.3, 0.4) is 0 Å². The highest BCUT2D eigenvalue weighted by atomic mass is 16.5. The number of carboxylic acid groups (broad SMARTS) is 1. The Morgan fingerprint density at radius 1 is 1.32 bits per heavy atom. The second-order valence-corrected chi connectivity index (χ2v) is 3.90. The van der Waals surface area contributed by atoms with E-state index in [9.17, 15) is 15.2 Å². The molecule has 0 bridgehead atoms. The third-order valence-corrected chi connectivity index (χ3v) is 2.54. The Labute approximate surface area is 108 Å². The van der Waals surface area contributed by atoms with Crippen molar-refractivity contribution >= 4 is 23.0 Å². The molecule has 8 nitrogen and oxygen atoms in total. The zero-order valence-electron chi connectivity index (χ0n) is 9.94. The molecule has 0 amide bonds. The Hall–Kier alpha value is -2.64. The summed E-state index contributed by atoms with van der Waals surface area (Å²) in [5, 5.41) is 38.3. The van der Waals surface area contributed by atoms with Crippen molar-refractivity contribution in [3.8, 4) is 0 Å². The minimum Gasteiger partial charge on any atom is -0.739 e. The minimum atomic E-state index is -0.915. The maximum Gasteiger partial charge on any atom is 0.460 e. The van der Waals surface area contributed by atoms with Crippen LogP contribution in [0.4, 0.5) is 5.95 Å². The van der Waals surface area contributed by atoms with Gasteiger partial charge in [-0.05, 0) is 12.5 Å². The maximum atomic E-state index is 11.9. The summed E-state index contributed by atoms with van der Waals surface area (Å²) in [6.07, 6.45) is 0.319. The fourth-order valence-electron chi connectivity index (χ4n) is 1.64. The molecule has 0 saturated heterocycles. The van der Waals surface area contributed by atoms with Crippen LogP contribution in [0, 0.1) is 10.4 Å². The van der Waals surface area contributed by atoms with E-state index in [4.69, 9.17) is 5.11 Å².